The van der Waals surface area contributed by atoms with E-state index >= 15 is 0 Å². The average molecular weight is 217 g/mol. The van der Waals surface area contributed by atoms with E-state index in [2.05, 4.69) is 0 Å². The number of nitrogens with zero attached hydrogens (tertiary/aromatic N) is 1. The van der Waals surface area contributed by atoms with Crippen LogP contribution in [0.2, 0.25) is 0 Å². The first kappa shape index (κ1) is 12.3. The predicted molar refractivity (Wildman–Crippen MR) is 62.8 cm³/mol. The molecule has 0 bridgehead atoms. The number of carbonyl (C=O) groups excluding carboxylic acids is 1. The number of nitrogens with two attached hydrogens (primary N) is 1. The SMILES string of the molecule is CC(C)(C)OC(=O)N1CCC(CN)CC1.[H-].[HH]. The summed E-state index contributed by atoms with van der Waals surface area (Å²) in [6, 6.07) is 0. The van der Waals surface area contributed by atoms with Gasteiger partial charge >= 0.3 is 6.09 Å². The second kappa shape index (κ2) is 4.84. The molecule has 1 fully saturated rings. The Labute approximate surface area is 94.7 Å². The first-order valence-corrected chi connectivity index (χ1v) is 5.60. The van der Waals surface area contributed by atoms with Crippen LogP contribution >= 0.6 is 0 Å². The number of hydrogen-bond donors (Lipinski definition) is 1. The van der Waals surface area contributed by atoms with Crippen LogP contribution < -0.4 is 5.73 Å². The van der Waals surface area contributed by atoms with Gasteiger partial charge in [-0.2, -0.15) is 0 Å². The van der Waals surface area contributed by atoms with Crippen LogP contribution in [-0.2, 0) is 4.74 Å². The zero-order chi connectivity index (χ0) is 11.5. The molecule has 0 atom stereocenters. The molecule has 92 valence electrons. The highest BCUT2D eigenvalue weighted by atomic mass is 16.6. The van der Waals surface area contributed by atoms with Crippen LogP contribution in [0.3, 0.4) is 0 Å². The van der Waals surface area contributed by atoms with Crippen molar-refractivity contribution >= 4 is 6.09 Å². The summed E-state index contributed by atoms with van der Waals surface area (Å²) in [6.45, 7) is 7.93. The Hall–Kier alpha value is -0.770. The molecule has 15 heavy (non-hydrogen) atoms. The van der Waals surface area contributed by atoms with Crippen LogP contribution in [0.5, 0.6) is 0 Å². The molecule has 1 amide bonds. The Morgan fingerprint density at radius 3 is 2.47 bits per heavy atom. The van der Waals surface area contributed by atoms with Crippen molar-refractivity contribution < 1.29 is 12.4 Å². The van der Waals surface area contributed by atoms with E-state index in [1.165, 1.54) is 0 Å². The van der Waals surface area contributed by atoms with Crippen molar-refractivity contribution in [2.24, 2.45) is 11.7 Å². The van der Waals surface area contributed by atoms with E-state index in [0.717, 1.165) is 32.5 Å². The lowest BCUT2D eigenvalue weighted by Gasteiger charge is -2.32. The fourth-order valence-electron chi connectivity index (χ4n) is 1.68. The normalized spacial score (nSPS) is 19.1. The van der Waals surface area contributed by atoms with Gasteiger partial charge in [-0.05, 0) is 46.1 Å². The Morgan fingerprint density at radius 1 is 1.53 bits per heavy atom. The van der Waals surface area contributed by atoms with Gasteiger partial charge in [0.1, 0.15) is 5.60 Å². The van der Waals surface area contributed by atoms with Gasteiger partial charge in [0.05, 0.1) is 0 Å². The molecule has 4 heteroatoms. The Bertz CT molecular complexity index is 224. The Balaban J connectivity index is 0. The average Bonchev–Trinajstić information content (AvgIpc) is 2.15. The van der Waals surface area contributed by atoms with Crippen molar-refractivity contribution in [1.82, 2.24) is 4.90 Å². The zero-order valence-corrected chi connectivity index (χ0v) is 9.95. The highest BCUT2D eigenvalue weighted by Gasteiger charge is 2.25. The fraction of sp³-hybridized carbons (Fsp3) is 0.909. The maximum atomic E-state index is 11.7. The molecule has 1 rings (SSSR count). The van der Waals surface area contributed by atoms with Crippen LogP contribution in [0.15, 0.2) is 0 Å². The van der Waals surface area contributed by atoms with Crippen LogP contribution in [-0.4, -0.2) is 36.2 Å². The molecule has 0 saturated carbocycles. The molecule has 4 nitrogen and oxygen atoms in total. The first-order chi connectivity index (χ1) is 6.92. The smallest absolute Gasteiger partial charge is 0.410 e. The quantitative estimate of drug-likeness (QED) is 0.730. The minimum atomic E-state index is -0.401. The number of carbonyl (C=O) groups is 1. The first-order valence-electron chi connectivity index (χ1n) is 5.60. The van der Waals surface area contributed by atoms with Gasteiger partial charge in [0, 0.05) is 14.5 Å². The van der Waals surface area contributed by atoms with Crippen molar-refractivity contribution in [1.29, 1.82) is 0 Å². The molecule has 1 aliphatic rings. The lowest BCUT2D eigenvalue weighted by Crippen LogP contribution is -2.42. The van der Waals surface area contributed by atoms with Gasteiger partial charge in [-0.1, -0.05) is 0 Å². The highest BCUT2D eigenvalue weighted by Crippen LogP contribution is 2.18. The second-order valence-corrected chi connectivity index (χ2v) is 5.15. The van der Waals surface area contributed by atoms with Crippen LogP contribution in [0.1, 0.15) is 36.5 Å². The fourth-order valence-corrected chi connectivity index (χ4v) is 1.68. The second-order valence-electron chi connectivity index (χ2n) is 5.15. The third-order valence-electron chi connectivity index (χ3n) is 2.60. The summed E-state index contributed by atoms with van der Waals surface area (Å²) in [7, 11) is 0. The third-order valence-corrected chi connectivity index (χ3v) is 2.60. The summed E-state index contributed by atoms with van der Waals surface area (Å²) < 4.78 is 5.30. The summed E-state index contributed by atoms with van der Waals surface area (Å²) in [5.41, 5.74) is 5.19. The lowest BCUT2D eigenvalue weighted by atomic mass is 9.97. The Morgan fingerprint density at radius 2 is 2.07 bits per heavy atom. The number of rotatable bonds is 1. The van der Waals surface area contributed by atoms with Gasteiger partial charge in [0.2, 0.25) is 0 Å². The summed E-state index contributed by atoms with van der Waals surface area (Å²) >= 11 is 0. The predicted octanol–water partition coefficient (Wildman–Crippen LogP) is 1.95. The number of hydrogen-bond acceptors (Lipinski definition) is 3. The van der Waals surface area contributed by atoms with Gasteiger partial charge in [-0.15, -0.1) is 0 Å². The van der Waals surface area contributed by atoms with E-state index in [9.17, 15) is 4.79 Å². The molecule has 1 heterocycles. The van der Waals surface area contributed by atoms with Crippen molar-refractivity contribution in [3.63, 3.8) is 0 Å². The largest absolute Gasteiger partial charge is 1.00 e. The van der Waals surface area contributed by atoms with Gasteiger partial charge in [-0.3, -0.25) is 0 Å². The molecule has 1 saturated heterocycles. The maximum absolute atomic E-state index is 11.7. The molecule has 0 aromatic heterocycles. The monoisotopic (exact) mass is 217 g/mol. The Kier molecular flexibility index (Phi) is 3.97. The molecule has 0 spiro atoms. The minimum absolute atomic E-state index is 0. The van der Waals surface area contributed by atoms with Crippen molar-refractivity contribution in [3.8, 4) is 0 Å². The molecular weight excluding hydrogens is 192 g/mol. The summed E-state index contributed by atoms with van der Waals surface area (Å²) in [4.78, 5) is 13.5. The standard InChI is InChI=1S/C11H22N2O2.H2.H/c1-11(2,3)15-10(14)13-6-4-9(8-12)5-7-13;;/h9H,4-8,12H2,1-3H3;1H;/q;;-1. The molecule has 0 aromatic rings. The van der Waals surface area contributed by atoms with E-state index < -0.39 is 5.60 Å². The van der Waals surface area contributed by atoms with Crippen molar-refractivity contribution in [2.75, 3.05) is 19.6 Å². The van der Waals surface area contributed by atoms with Crippen LogP contribution in [0, 0.1) is 5.92 Å². The molecule has 0 aliphatic carbocycles. The minimum Gasteiger partial charge on any atom is -1.00 e. The lowest BCUT2D eigenvalue weighted by molar-refractivity contribution is 0.0187. The van der Waals surface area contributed by atoms with E-state index in [1.54, 1.807) is 4.90 Å². The van der Waals surface area contributed by atoms with E-state index in [-0.39, 0.29) is 8.95 Å². The van der Waals surface area contributed by atoms with Crippen molar-refractivity contribution in [2.45, 2.75) is 39.2 Å². The summed E-state index contributed by atoms with van der Waals surface area (Å²) in [6.07, 6.45) is 1.80. The maximum Gasteiger partial charge on any atom is 0.410 e. The molecule has 0 aromatic carbocycles. The third kappa shape index (κ3) is 4.08. The number of likely N-dealkylation sites (tertiary alicyclic amines) is 1. The van der Waals surface area contributed by atoms with Crippen LogP contribution in [0.25, 0.3) is 0 Å². The topological polar surface area (TPSA) is 55.6 Å². The molecule has 2 N–H and O–H groups in total. The summed E-state index contributed by atoms with van der Waals surface area (Å²) in [5.74, 6) is 0.573. The molecular formula is C11H25N2O2-. The zero-order valence-electron chi connectivity index (χ0n) is 11.0. The summed E-state index contributed by atoms with van der Waals surface area (Å²) in [5, 5.41) is 0. The van der Waals surface area contributed by atoms with Gasteiger partial charge < -0.3 is 16.8 Å². The van der Waals surface area contributed by atoms with Gasteiger partial charge in [-0.25, -0.2) is 4.79 Å². The highest BCUT2D eigenvalue weighted by molar-refractivity contribution is 5.68. The van der Waals surface area contributed by atoms with E-state index in [0.29, 0.717) is 5.92 Å². The van der Waals surface area contributed by atoms with Gasteiger partial charge in [0.25, 0.3) is 0 Å². The van der Waals surface area contributed by atoms with E-state index in [4.69, 9.17) is 10.5 Å². The molecule has 0 unspecified atom stereocenters. The van der Waals surface area contributed by atoms with Crippen LogP contribution in [0.4, 0.5) is 4.79 Å². The van der Waals surface area contributed by atoms with E-state index in [1.807, 2.05) is 20.8 Å². The molecule has 1 aliphatic heterocycles. The molecule has 0 radical (unpaired) electrons. The number of piperidine rings is 1. The van der Waals surface area contributed by atoms with Gasteiger partial charge in [0.15, 0.2) is 0 Å². The number of ether oxygens (including phenoxy) is 1. The van der Waals surface area contributed by atoms with Crippen molar-refractivity contribution in [3.05, 3.63) is 0 Å². The number of amides is 1.